The Morgan fingerprint density at radius 3 is 2.31 bits per heavy atom. The molecular formula is C20H32N4O2. The number of anilines is 1. The Labute approximate surface area is 156 Å². The summed E-state index contributed by atoms with van der Waals surface area (Å²) >= 11 is 0. The number of nitrogens with zero attached hydrogens (tertiary/aromatic N) is 2. The fourth-order valence-electron chi connectivity index (χ4n) is 3.81. The number of carbonyl (C=O) groups is 1. The van der Waals surface area contributed by atoms with Crippen LogP contribution in [0.15, 0.2) is 24.3 Å². The average Bonchev–Trinajstić information content (AvgIpc) is 2.70. The van der Waals surface area contributed by atoms with Crippen molar-refractivity contribution < 1.29 is 9.53 Å². The van der Waals surface area contributed by atoms with Gasteiger partial charge in [0.1, 0.15) is 5.60 Å². The lowest BCUT2D eigenvalue weighted by Crippen LogP contribution is -2.51. The number of amides is 1. The lowest BCUT2D eigenvalue weighted by molar-refractivity contribution is -0.140. The highest BCUT2D eigenvalue weighted by Crippen LogP contribution is 2.24. The molecule has 144 valence electrons. The van der Waals surface area contributed by atoms with E-state index in [1.54, 1.807) is 7.11 Å². The van der Waals surface area contributed by atoms with E-state index >= 15 is 0 Å². The lowest BCUT2D eigenvalue weighted by Gasteiger charge is -2.35. The highest BCUT2D eigenvalue weighted by Gasteiger charge is 2.39. The zero-order valence-corrected chi connectivity index (χ0v) is 16.1. The molecule has 2 aliphatic rings. The van der Waals surface area contributed by atoms with Gasteiger partial charge in [0.15, 0.2) is 0 Å². The number of carbonyl (C=O) groups excluding carboxylic acids is 1. The minimum absolute atomic E-state index is 0.0371. The summed E-state index contributed by atoms with van der Waals surface area (Å²) in [6.45, 7) is 10.5. The van der Waals surface area contributed by atoms with Gasteiger partial charge in [-0.2, -0.15) is 0 Å². The minimum Gasteiger partial charge on any atom is -0.368 e. The summed E-state index contributed by atoms with van der Waals surface area (Å²) in [5, 5.41) is 6.31. The van der Waals surface area contributed by atoms with Crippen molar-refractivity contribution >= 4 is 11.6 Å². The molecule has 3 rings (SSSR count). The summed E-state index contributed by atoms with van der Waals surface area (Å²) in [4.78, 5) is 17.7. The first-order valence-corrected chi connectivity index (χ1v) is 9.76. The van der Waals surface area contributed by atoms with Gasteiger partial charge in [0.2, 0.25) is 0 Å². The SMILES string of the molecule is CCN1CCN(Cc2ccc(NC(=O)C3(OC)CCNCC3)cc2)CC1. The number of piperidine rings is 1. The molecule has 0 unspecified atom stereocenters. The van der Waals surface area contributed by atoms with Gasteiger partial charge in [-0.1, -0.05) is 19.1 Å². The molecule has 2 aliphatic heterocycles. The molecule has 2 N–H and O–H groups in total. The number of hydrogen-bond acceptors (Lipinski definition) is 5. The Hall–Kier alpha value is -1.47. The molecule has 0 aliphatic carbocycles. The van der Waals surface area contributed by atoms with E-state index in [9.17, 15) is 4.79 Å². The Bertz CT molecular complexity index is 576. The van der Waals surface area contributed by atoms with Crippen LogP contribution in [0.3, 0.4) is 0 Å². The number of rotatable bonds is 6. The third-order valence-corrected chi connectivity index (χ3v) is 5.75. The van der Waals surface area contributed by atoms with Gasteiger partial charge < -0.3 is 20.3 Å². The third-order valence-electron chi connectivity index (χ3n) is 5.75. The van der Waals surface area contributed by atoms with Gasteiger partial charge in [-0.05, 0) is 50.2 Å². The first-order chi connectivity index (χ1) is 12.6. The zero-order chi connectivity index (χ0) is 18.4. The highest BCUT2D eigenvalue weighted by atomic mass is 16.5. The highest BCUT2D eigenvalue weighted by molar-refractivity contribution is 5.97. The smallest absolute Gasteiger partial charge is 0.256 e. The van der Waals surface area contributed by atoms with Gasteiger partial charge in [-0.15, -0.1) is 0 Å². The monoisotopic (exact) mass is 360 g/mol. The number of nitrogens with one attached hydrogen (secondary N) is 2. The Morgan fingerprint density at radius 2 is 1.73 bits per heavy atom. The van der Waals surface area contributed by atoms with Crippen LogP contribution >= 0.6 is 0 Å². The van der Waals surface area contributed by atoms with Crippen molar-refractivity contribution in [3.8, 4) is 0 Å². The molecule has 0 saturated carbocycles. The van der Waals surface area contributed by atoms with E-state index < -0.39 is 5.60 Å². The van der Waals surface area contributed by atoms with E-state index in [1.165, 1.54) is 5.56 Å². The van der Waals surface area contributed by atoms with Crippen molar-refractivity contribution in [3.63, 3.8) is 0 Å². The van der Waals surface area contributed by atoms with E-state index in [0.29, 0.717) is 12.8 Å². The molecule has 6 nitrogen and oxygen atoms in total. The number of hydrogen-bond donors (Lipinski definition) is 2. The molecule has 26 heavy (non-hydrogen) atoms. The van der Waals surface area contributed by atoms with Crippen LogP contribution < -0.4 is 10.6 Å². The quantitative estimate of drug-likeness (QED) is 0.806. The van der Waals surface area contributed by atoms with E-state index in [1.807, 2.05) is 12.1 Å². The fraction of sp³-hybridized carbons (Fsp3) is 0.650. The number of likely N-dealkylation sites (N-methyl/N-ethyl adjacent to an activating group) is 1. The average molecular weight is 361 g/mol. The zero-order valence-electron chi connectivity index (χ0n) is 16.1. The Morgan fingerprint density at radius 1 is 1.12 bits per heavy atom. The largest absolute Gasteiger partial charge is 0.368 e. The molecular weight excluding hydrogens is 328 g/mol. The second kappa shape index (κ2) is 8.95. The second-order valence-corrected chi connectivity index (χ2v) is 7.31. The number of ether oxygens (including phenoxy) is 1. The molecule has 2 fully saturated rings. The van der Waals surface area contributed by atoms with Gasteiger partial charge in [0.25, 0.3) is 5.91 Å². The molecule has 0 radical (unpaired) electrons. The minimum atomic E-state index is -0.705. The molecule has 2 saturated heterocycles. The van der Waals surface area contributed by atoms with Gasteiger partial charge in [0, 0.05) is 45.5 Å². The summed E-state index contributed by atoms with van der Waals surface area (Å²) in [5.41, 5.74) is 1.42. The summed E-state index contributed by atoms with van der Waals surface area (Å²) in [5.74, 6) is -0.0371. The van der Waals surface area contributed by atoms with Crippen molar-refractivity contribution in [1.82, 2.24) is 15.1 Å². The first-order valence-electron chi connectivity index (χ1n) is 9.76. The van der Waals surface area contributed by atoms with Crippen molar-refractivity contribution in [1.29, 1.82) is 0 Å². The Balaban J connectivity index is 1.53. The molecule has 2 heterocycles. The number of methoxy groups -OCH3 is 1. The van der Waals surface area contributed by atoms with Crippen LogP contribution in [0.4, 0.5) is 5.69 Å². The van der Waals surface area contributed by atoms with Gasteiger partial charge in [-0.25, -0.2) is 0 Å². The summed E-state index contributed by atoms with van der Waals surface area (Å²) in [6.07, 6.45) is 1.41. The standard InChI is InChI=1S/C20H32N4O2/c1-3-23-12-14-24(15-13-23)16-17-4-6-18(7-5-17)22-19(25)20(26-2)8-10-21-11-9-20/h4-7,21H,3,8-16H2,1-2H3,(H,22,25). The number of benzene rings is 1. The molecule has 6 heteroatoms. The van der Waals surface area contributed by atoms with Gasteiger partial charge >= 0.3 is 0 Å². The fourth-order valence-corrected chi connectivity index (χ4v) is 3.81. The first kappa shape index (κ1) is 19.3. The van der Waals surface area contributed by atoms with E-state index in [4.69, 9.17) is 4.74 Å². The normalized spacial score (nSPS) is 21.5. The van der Waals surface area contributed by atoms with Crippen LogP contribution in [0.2, 0.25) is 0 Å². The van der Waals surface area contributed by atoms with Crippen LogP contribution in [0.25, 0.3) is 0 Å². The van der Waals surface area contributed by atoms with Crippen LogP contribution in [0, 0.1) is 0 Å². The maximum atomic E-state index is 12.7. The van der Waals surface area contributed by atoms with Gasteiger partial charge in [0.05, 0.1) is 0 Å². The van der Waals surface area contributed by atoms with Crippen LogP contribution in [0.1, 0.15) is 25.3 Å². The topological polar surface area (TPSA) is 56.8 Å². The molecule has 0 aromatic heterocycles. The van der Waals surface area contributed by atoms with E-state index in [0.717, 1.165) is 58.0 Å². The van der Waals surface area contributed by atoms with Crippen molar-refractivity contribution in [2.24, 2.45) is 0 Å². The maximum absolute atomic E-state index is 12.7. The summed E-state index contributed by atoms with van der Waals surface area (Å²) in [7, 11) is 1.63. The predicted octanol–water partition coefficient (Wildman–Crippen LogP) is 1.53. The van der Waals surface area contributed by atoms with Crippen molar-refractivity contribution in [3.05, 3.63) is 29.8 Å². The van der Waals surface area contributed by atoms with Crippen LogP contribution in [-0.4, -0.2) is 74.2 Å². The molecule has 1 aromatic rings. The molecule has 0 spiro atoms. The second-order valence-electron chi connectivity index (χ2n) is 7.31. The molecule has 1 aromatic carbocycles. The molecule has 1 amide bonds. The summed E-state index contributed by atoms with van der Waals surface area (Å²) < 4.78 is 5.59. The lowest BCUT2D eigenvalue weighted by atomic mass is 9.91. The maximum Gasteiger partial charge on any atom is 0.256 e. The number of piperazine rings is 1. The summed E-state index contributed by atoms with van der Waals surface area (Å²) in [6, 6.07) is 8.23. The predicted molar refractivity (Wildman–Crippen MR) is 104 cm³/mol. The van der Waals surface area contributed by atoms with Crippen molar-refractivity contribution in [2.75, 3.05) is 58.2 Å². The molecule has 0 atom stereocenters. The Kier molecular flexibility index (Phi) is 6.64. The molecule has 0 bridgehead atoms. The van der Waals surface area contributed by atoms with E-state index in [-0.39, 0.29) is 5.91 Å². The van der Waals surface area contributed by atoms with Gasteiger partial charge in [-0.3, -0.25) is 9.69 Å². The van der Waals surface area contributed by atoms with Crippen LogP contribution in [0.5, 0.6) is 0 Å². The van der Waals surface area contributed by atoms with Crippen molar-refractivity contribution in [2.45, 2.75) is 31.9 Å². The van der Waals surface area contributed by atoms with Crippen LogP contribution in [-0.2, 0) is 16.1 Å². The van der Waals surface area contributed by atoms with E-state index in [2.05, 4.69) is 39.5 Å². The third kappa shape index (κ3) is 4.62.